The van der Waals surface area contributed by atoms with Gasteiger partial charge in [0.15, 0.2) is 0 Å². The Bertz CT molecular complexity index is 446. The maximum absolute atomic E-state index is 10.7. The molecule has 2 N–H and O–H groups in total. The Morgan fingerprint density at radius 2 is 1.75 bits per heavy atom. The summed E-state index contributed by atoms with van der Waals surface area (Å²) in [4.78, 5) is -0.0203. The Morgan fingerprint density at radius 1 is 1.25 bits per heavy atom. The van der Waals surface area contributed by atoms with Crippen LogP contribution in [0.15, 0.2) is 23.1 Å². The lowest BCUT2D eigenvalue weighted by atomic mass is 10.2. The van der Waals surface area contributed by atoms with E-state index in [1.165, 1.54) is 25.6 Å². The Morgan fingerprint density at radius 3 is 2.06 bits per heavy atom. The van der Waals surface area contributed by atoms with Crippen molar-refractivity contribution in [3.05, 3.63) is 29.3 Å². The maximum atomic E-state index is 10.7. The zero-order chi connectivity index (χ0) is 12.2. The highest BCUT2D eigenvalue weighted by molar-refractivity contribution is 7.85. The first kappa shape index (κ1) is 13.2. The lowest BCUT2D eigenvalue weighted by molar-refractivity contribution is 0.482. The minimum absolute atomic E-state index is 0.0203. The number of hydrogen-bond acceptors (Lipinski definition) is 3. The zero-order valence-electron chi connectivity index (χ0n) is 9.53. The van der Waals surface area contributed by atoms with Crippen LogP contribution in [0.2, 0.25) is 0 Å². The number of aryl methyl sites for hydroxylation is 2. The summed E-state index contributed by atoms with van der Waals surface area (Å²) in [5, 5.41) is 3.11. The summed E-state index contributed by atoms with van der Waals surface area (Å²) in [5.74, 6) is 0. The first-order valence-electron chi connectivity index (χ1n) is 5.17. The number of rotatable bonds is 1. The molecular weight excluding hydrogens is 226 g/mol. The fraction of sp³-hybridized carbons (Fsp3) is 0.455. The van der Waals surface area contributed by atoms with E-state index in [1.807, 2.05) is 6.92 Å². The van der Waals surface area contributed by atoms with Gasteiger partial charge >= 0.3 is 0 Å². The van der Waals surface area contributed by atoms with E-state index >= 15 is 0 Å². The Labute approximate surface area is 96.4 Å². The summed E-state index contributed by atoms with van der Waals surface area (Å²) >= 11 is 0. The van der Waals surface area contributed by atoms with Crippen molar-refractivity contribution in [2.24, 2.45) is 0 Å². The van der Waals surface area contributed by atoms with Crippen molar-refractivity contribution < 1.29 is 13.0 Å². The monoisotopic (exact) mass is 243 g/mol. The van der Waals surface area contributed by atoms with Crippen LogP contribution < -0.4 is 5.32 Å². The van der Waals surface area contributed by atoms with E-state index in [4.69, 9.17) is 4.55 Å². The topological polar surface area (TPSA) is 66.4 Å². The summed E-state index contributed by atoms with van der Waals surface area (Å²) in [6.07, 6.45) is 1.39. The molecule has 2 rings (SSSR count). The third-order valence-electron chi connectivity index (χ3n) is 2.32. The molecule has 1 fully saturated rings. The number of benzene rings is 1. The van der Waals surface area contributed by atoms with Crippen LogP contribution in [0.25, 0.3) is 0 Å². The second-order valence-corrected chi connectivity index (χ2v) is 5.24. The lowest BCUT2D eigenvalue weighted by Gasteiger charge is -2.09. The summed E-state index contributed by atoms with van der Waals surface area (Å²) in [7, 11) is -4.05. The smallest absolute Gasteiger partial charge is 0.294 e. The second kappa shape index (κ2) is 5.43. The van der Waals surface area contributed by atoms with Gasteiger partial charge in [0.1, 0.15) is 0 Å². The van der Waals surface area contributed by atoms with Gasteiger partial charge < -0.3 is 5.32 Å². The molecule has 0 atom stereocenters. The van der Waals surface area contributed by atoms with Crippen molar-refractivity contribution in [2.45, 2.75) is 25.2 Å². The average Bonchev–Trinajstić information content (AvgIpc) is 1.96. The average molecular weight is 243 g/mol. The first-order chi connectivity index (χ1) is 7.41. The van der Waals surface area contributed by atoms with Crippen LogP contribution in [-0.2, 0) is 10.1 Å². The molecule has 90 valence electrons. The molecule has 0 amide bonds. The molecule has 0 spiro atoms. The van der Waals surface area contributed by atoms with Gasteiger partial charge in [-0.3, -0.25) is 4.55 Å². The normalized spacial score (nSPS) is 14.7. The molecule has 0 bridgehead atoms. The Kier molecular flexibility index (Phi) is 4.46. The molecule has 4 nitrogen and oxygen atoms in total. The van der Waals surface area contributed by atoms with Gasteiger partial charge in [-0.15, -0.1) is 0 Å². The van der Waals surface area contributed by atoms with Crippen LogP contribution in [0, 0.1) is 13.8 Å². The standard InChI is InChI=1S/C8H10O3S.C3H7N/c1-6-3-4-8(7(2)5-6)12(9,10)11;1-2-4-3-1/h3-5H,1-2H3,(H,9,10,11);4H,1-3H2. The quantitative estimate of drug-likeness (QED) is 0.734. The van der Waals surface area contributed by atoms with Gasteiger partial charge in [-0.05, 0) is 45.0 Å². The van der Waals surface area contributed by atoms with E-state index in [1.54, 1.807) is 19.1 Å². The van der Waals surface area contributed by atoms with Crippen LogP contribution in [0.5, 0.6) is 0 Å². The lowest BCUT2D eigenvalue weighted by Crippen LogP contribution is -2.29. The third-order valence-corrected chi connectivity index (χ3v) is 3.33. The molecule has 0 aromatic heterocycles. The molecule has 1 aromatic rings. The number of hydrogen-bond donors (Lipinski definition) is 2. The molecule has 1 aliphatic rings. The van der Waals surface area contributed by atoms with Crippen LogP contribution in [0.1, 0.15) is 17.5 Å². The van der Waals surface area contributed by atoms with Gasteiger partial charge in [0, 0.05) is 0 Å². The molecule has 0 radical (unpaired) electrons. The Hall–Kier alpha value is -0.910. The van der Waals surface area contributed by atoms with Gasteiger partial charge in [-0.2, -0.15) is 8.42 Å². The molecule has 16 heavy (non-hydrogen) atoms. The molecular formula is C11H17NO3S. The summed E-state index contributed by atoms with van der Waals surface area (Å²) < 4.78 is 30.2. The minimum Gasteiger partial charge on any atom is -0.317 e. The SMILES string of the molecule is C1CNC1.Cc1ccc(S(=O)(=O)O)c(C)c1. The predicted octanol–water partition coefficient (Wildman–Crippen LogP) is 1.53. The van der Waals surface area contributed by atoms with Crippen LogP contribution in [0.4, 0.5) is 0 Å². The first-order valence-corrected chi connectivity index (χ1v) is 6.61. The van der Waals surface area contributed by atoms with Crippen LogP contribution in [0.3, 0.4) is 0 Å². The molecule has 1 aliphatic heterocycles. The van der Waals surface area contributed by atoms with Crippen molar-refractivity contribution in [2.75, 3.05) is 13.1 Å². The highest BCUT2D eigenvalue weighted by atomic mass is 32.2. The van der Waals surface area contributed by atoms with Crippen LogP contribution in [-0.4, -0.2) is 26.1 Å². The van der Waals surface area contributed by atoms with E-state index in [2.05, 4.69) is 5.32 Å². The van der Waals surface area contributed by atoms with Gasteiger partial charge in [-0.25, -0.2) is 0 Å². The fourth-order valence-electron chi connectivity index (χ4n) is 1.27. The van der Waals surface area contributed by atoms with Gasteiger partial charge in [0.2, 0.25) is 0 Å². The summed E-state index contributed by atoms with van der Waals surface area (Å²) in [5.41, 5.74) is 1.54. The van der Waals surface area contributed by atoms with E-state index in [9.17, 15) is 8.42 Å². The van der Waals surface area contributed by atoms with Crippen molar-refractivity contribution >= 4 is 10.1 Å². The second-order valence-electron chi connectivity index (χ2n) is 3.85. The zero-order valence-corrected chi connectivity index (χ0v) is 10.3. The van der Waals surface area contributed by atoms with E-state index < -0.39 is 10.1 Å². The van der Waals surface area contributed by atoms with Crippen molar-refractivity contribution in [1.29, 1.82) is 0 Å². The van der Waals surface area contributed by atoms with Gasteiger partial charge in [0.05, 0.1) is 4.90 Å². The molecule has 0 saturated carbocycles. The molecule has 0 aliphatic carbocycles. The molecule has 1 saturated heterocycles. The highest BCUT2D eigenvalue weighted by Gasteiger charge is 2.11. The molecule has 5 heteroatoms. The minimum atomic E-state index is -4.05. The molecule has 0 unspecified atom stereocenters. The van der Waals surface area contributed by atoms with Gasteiger partial charge in [-0.1, -0.05) is 17.7 Å². The van der Waals surface area contributed by atoms with Crippen LogP contribution >= 0.6 is 0 Å². The van der Waals surface area contributed by atoms with Crippen molar-refractivity contribution in [3.63, 3.8) is 0 Å². The molecule has 1 aromatic carbocycles. The largest absolute Gasteiger partial charge is 0.317 e. The fourth-order valence-corrected chi connectivity index (χ4v) is 1.97. The van der Waals surface area contributed by atoms with E-state index in [0.717, 1.165) is 5.56 Å². The van der Waals surface area contributed by atoms with Crippen molar-refractivity contribution in [3.8, 4) is 0 Å². The third kappa shape index (κ3) is 3.92. The van der Waals surface area contributed by atoms with Gasteiger partial charge in [0.25, 0.3) is 10.1 Å². The van der Waals surface area contributed by atoms with E-state index in [0.29, 0.717) is 5.56 Å². The molecule has 1 heterocycles. The van der Waals surface area contributed by atoms with E-state index in [-0.39, 0.29) is 4.90 Å². The van der Waals surface area contributed by atoms with Crippen molar-refractivity contribution in [1.82, 2.24) is 5.32 Å². The summed E-state index contributed by atoms with van der Waals surface area (Å²) in [6, 6.07) is 4.76. The Balaban J connectivity index is 0.000000267. The predicted molar refractivity (Wildman–Crippen MR) is 63.2 cm³/mol. The maximum Gasteiger partial charge on any atom is 0.294 e. The summed E-state index contributed by atoms with van der Waals surface area (Å²) in [6.45, 7) is 6.01. The number of nitrogens with one attached hydrogen (secondary N) is 1. The highest BCUT2D eigenvalue weighted by Crippen LogP contribution is 2.15.